The first-order valence-electron chi connectivity index (χ1n) is 7.33. The van der Waals surface area contributed by atoms with Gasteiger partial charge in [0.1, 0.15) is 5.54 Å². The molecule has 1 aliphatic rings. The highest BCUT2D eigenvalue weighted by Gasteiger charge is 2.41. The van der Waals surface area contributed by atoms with Gasteiger partial charge in [0.15, 0.2) is 0 Å². The van der Waals surface area contributed by atoms with Crippen LogP contribution in [-0.4, -0.2) is 22.6 Å². The number of benzene rings is 1. The molecule has 0 aliphatic heterocycles. The highest BCUT2D eigenvalue weighted by molar-refractivity contribution is 5.94. The molecule has 2 rings (SSSR count). The first kappa shape index (κ1) is 15.4. The molecular formula is C16H22N2O3. The van der Waals surface area contributed by atoms with E-state index in [-0.39, 0.29) is 0 Å². The van der Waals surface area contributed by atoms with Gasteiger partial charge in [0.2, 0.25) is 0 Å². The summed E-state index contributed by atoms with van der Waals surface area (Å²) < 4.78 is 0. The second kappa shape index (κ2) is 6.16. The van der Waals surface area contributed by atoms with Gasteiger partial charge in [-0.1, -0.05) is 31.4 Å². The molecule has 1 saturated carbocycles. The molecule has 21 heavy (non-hydrogen) atoms. The number of rotatable bonds is 3. The second-order valence-electron chi connectivity index (χ2n) is 5.77. The molecule has 0 atom stereocenters. The van der Waals surface area contributed by atoms with Crippen LogP contribution in [0, 0.1) is 13.8 Å². The van der Waals surface area contributed by atoms with E-state index in [0.29, 0.717) is 18.5 Å². The second-order valence-corrected chi connectivity index (χ2v) is 5.77. The van der Waals surface area contributed by atoms with Crippen LogP contribution in [0.5, 0.6) is 0 Å². The Hall–Kier alpha value is -2.04. The lowest BCUT2D eigenvalue weighted by molar-refractivity contribution is -0.145. The van der Waals surface area contributed by atoms with Crippen LogP contribution in [0.4, 0.5) is 10.5 Å². The lowest BCUT2D eigenvalue weighted by Crippen LogP contribution is -2.56. The van der Waals surface area contributed by atoms with Gasteiger partial charge in [0.25, 0.3) is 0 Å². The summed E-state index contributed by atoms with van der Waals surface area (Å²) in [4.78, 5) is 23.7. The fourth-order valence-electron chi connectivity index (χ4n) is 2.81. The fraction of sp³-hybridized carbons (Fsp3) is 0.500. The molecule has 0 radical (unpaired) electrons. The Kier molecular flexibility index (Phi) is 4.50. The van der Waals surface area contributed by atoms with Crippen LogP contribution >= 0.6 is 0 Å². The minimum atomic E-state index is -1.12. The summed E-state index contributed by atoms with van der Waals surface area (Å²) in [6.45, 7) is 3.90. The number of carboxylic acids is 1. The first-order valence-corrected chi connectivity index (χ1v) is 7.33. The normalized spacial score (nSPS) is 17.0. The summed E-state index contributed by atoms with van der Waals surface area (Å²) in [5, 5.41) is 14.9. The monoisotopic (exact) mass is 290 g/mol. The van der Waals surface area contributed by atoms with Crippen molar-refractivity contribution >= 4 is 17.7 Å². The van der Waals surface area contributed by atoms with E-state index in [2.05, 4.69) is 10.6 Å². The molecular weight excluding hydrogens is 268 g/mol. The number of aryl methyl sites for hydroxylation is 1. The van der Waals surface area contributed by atoms with E-state index >= 15 is 0 Å². The molecule has 5 nitrogen and oxygen atoms in total. The molecule has 0 unspecified atom stereocenters. The Morgan fingerprint density at radius 3 is 2.43 bits per heavy atom. The molecule has 0 saturated heterocycles. The molecule has 5 heteroatoms. The largest absolute Gasteiger partial charge is 0.480 e. The Morgan fingerprint density at radius 1 is 1.14 bits per heavy atom. The van der Waals surface area contributed by atoms with E-state index in [9.17, 15) is 14.7 Å². The fourth-order valence-corrected chi connectivity index (χ4v) is 2.81. The Balaban J connectivity index is 2.09. The van der Waals surface area contributed by atoms with Gasteiger partial charge in [0, 0.05) is 5.69 Å². The van der Waals surface area contributed by atoms with E-state index in [1.807, 2.05) is 32.0 Å². The minimum Gasteiger partial charge on any atom is -0.480 e. The summed E-state index contributed by atoms with van der Waals surface area (Å²) in [5.74, 6) is -0.946. The van der Waals surface area contributed by atoms with Crippen molar-refractivity contribution in [3.8, 4) is 0 Å². The predicted molar refractivity (Wildman–Crippen MR) is 81.5 cm³/mol. The molecule has 0 spiro atoms. The number of carbonyl (C=O) groups is 2. The maximum absolute atomic E-state index is 12.2. The lowest BCUT2D eigenvalue weighted by Gasteiger charge is -2.34. The molecule has 2 amide bonds. The number of carbonyl (C=O) groups excluding carboxylic acids is 1. The lowest BCUT2D eigenvalue weighted by atomic mass is 9.82. The molecule has 1 aromatic carbocycles. The average molecular weight is 290 g/mol. The van der Waals surface area contributed by atoms with E-state index in [0.717, 1.165) is 30.4 Å². The van der Waals surface area contributed by atoms with Crippen molar-refractivity contribution in [2.75, 3.05) is 5.32 Å². The van der Waals surface area contributed by atoms with E-state index < -0.39 is 17.5 Å². The zero-order valence-electron chi connectivity index (χ0n) is 12.5. The first-order chi connectivity index (χ1) is 9.94. The average Bonchev–Trinajstić information content (AvgIpc) is 2.44. The van der Waals surface area contributed by atoms with Crippen molar-refractivity contribution in [1.82, 2.24) is 5.32 Å². The highest BCUT2D eigenvalue weighted by Crippen LogP contribution is 2.28. The zero-order chi connectivity index (χ0) is 15.5. The number of nitrogens with one attached hydrogen (secondary N) is 2. The van der Waals surface area contributed by atoms with Crippen molar-refractivity contribution in [3.05, 3.63) is 29.3 Å². The summed E-state index contributed by atoms with van der Waals surface area (Å²) in [6.07, 6.45) is 3.66. The molecule has 114 valence electrons. The molecule has 3 N–H and O–H groups in total. The van der Waals surface area contributed by atoms with Crippen LogP contribution in [0.15, 0.2) is 18.2 Å². The van der Waals surface area contributed by atoms with E-state index in [4.69, 9.17) is 0 Å². The van der Waals surface area contributed by atoms with Crippen molar-refractivity contribution < 1.29 is 14.7 Å². The highest BCUT2D eigenvalue weighted by atomic mass is 16.4. The van der Waals surface area contributed by atoms with Crippen LogP contribution in [0.2, 0.25) is 0 Å². The van der Waals surface area contributed by atoms with Gasteiger partial charge in [-0.15, -0.1) is 0 Å². The Labute approximate surface area is 124 Å². The van der Waals surface area contributed by atoms with Gasteiger partial charge in [-0.3, -0.25) is 0 Å². The maximum Gasteiger partial charge on any atom is 0.329 e. The standard InChI is InChI=1S/C16H22N2O3/c1-11-7-6-8-13(12(11)2)17-15(21)18-16(14(19)20)9-4-3-5-10-16/h6-8H,3-5,9-10H2,1-2H3,(H,19,20)(H2,17,18,21). The summed E-state index contributed by atoms with van der Waals surface area (Å²) in [5.41, 5.74) is 1.66. The molecule has 1 fully saturated rings. The zero-order valence-corrected chi connectivity index (χ0v) is 12.5. The number of hydrogen-bond acceptors (Lipinski definition) is 2. The number of anilines is 1. The van der Waals surface area contributed by atoms with Crippen LogP contribution in [-0.2, 0) is 4.79 Å². The third-order valence-electron chi connectivity index (χ3n) is 4.32. The van der Waals surface area contributed by atoms with Gasteiger partial charge < -0.3 is 15.7 Å². The maximum atomic E-state index is 12.2. The summed E-state index contributed by atoms with van der Waals surface area (Å²) in [7, 11) is 0. The quantitative estimate of drug-likeness (QED) is 0.799. The molecule has 0 bridgehead atoms. The van der Waals surface area contributed by atoms with Crippen LogP contribution in [0.1, 0.15) is 43.2 Å². The van der Waals surface area contributed by atoms with Crippen LogP contribution in [0.3, 0.4) is 0 Å². The number of aliphatic carboxylic acids is 1. The number of urea groups is 1. The topological polar surface area (TPSA) is 78.4 Å². The van der Waals surface area contributed by atoms with Gasteiger partial charge in [-0.05, 0) is 43.9 Å². The molecule has 0 heterocycles. The number of hydrogen-bond donors (Lipinski definition) is 3. The third-order valence-corrected chi connectivity index (χ3v) is 4.32. The number of carboxylic acid groups (broad SMARTS) is 1. The Morgan fingerprint density at radius 2 is 1.81 bits per heavy atom. The number of amides is 2. The molecule has 1 aliphatic carbocycles. The SMILES string of the molecule is Cc1cccc(NC(=O)NC2(C(=O)O)CCCCC2)c1C. The van der Waals surface area contributed by atoms with Gasteiger partial charge in [-0.2, -0.15) is 0 Å². The Bertz CT molecular complexity index is 548. The van der Waals surface area contributed by atoms with Crippen molar-refractivity contribution in [1.29, 1.82) is 0 Å². The smallest absolute Gasteiger partial charge is 0.329 e. The van der Waals surface area contributed by atoms with Crippen LogP contribution in [0.25, 0.3) is 0 Å². The van der Waals surface area contributed by atoms with Gasteiger partial charge in [-0.25, -0.2) is 9.59 Å². The van der Waals surface area contributed by atoms with Gasteiger partial charge in [0.05, 0.1) is 0 Å². The van der Waals surface area contributed by atoms with Crippen molar-refractivity contribution in [2.24, 2.45) is 0 Å². The predicted octanol–water partition coefficient (Wildman–Crippen LogP) is 3.21. The summed E-state index contributed by atoms with van der Waals surface area (Å²) >= 11 is 0. The molecule has 0 aromatic heterocycles. The third kappa shape index (κ3) is 3.35. The molecule has 1 aromatic rings. The minimum absolute atomic E-state index is 0.451. The van der Waals surface area contributed by atoms with Crippen molar-refractivity contribution in [3.63, 3.8) is 0 Å². The van der Waals surface area contributed by atoms with E-state index in [1.165, 1.54) is 0 Å². The van der Waals surface area contributed by atoms with E-state index in [1.54, 1.807) is 0 Å². The van der Waals surface area contributed by atoms with Crippen LogP contribution < -0.4 is 10.6 Å². The van der Waals surface area contributed by atoms with Gasteiger partial charge >= 0.3 is 12.0 Å². The summed E-state index contributed by atoms with van der Waals surface area (Å²) in [6, 6.07) is 5.20. The van der Waals surface area contributed by atoms with Crippen molar-refractivity contribution in [2.45, 2.75) is 51.5 Å².